The van der Waals surface area contributed by atoms with Crippen molar-refractivity contribution in [1.29, 1.82) is 0 Å². The zero-order chi connectivity index (χ0) is 18.3. The fourth-order valence-electron chi connectivity index (χ4n) is 1.14. The van der Waals surface area contributed by atoms with Gasteiger partial charge in [-0.15, -0.1) is 0 Å². The predicted octanol–water partition coefficient (Wildman–Crippen LogP) is 4.05. The molecule has 1 rings (SSSR count). The topological polar surface area (TPSA) is 52.6 Å². The molecule has 4 heteroatoms. The number of benzene rings is 1. The summed E-state index contributed by atoms with van der Waals surface area (Å²) in [5.41, 5.74) is 2.71. The summed E-state index contributed by atoms with van der Waals surface area (Å²) in [6.45, 7) is 15.5. The van der Waals surface area contributed by atoms with Gasteiger partial charge in [-0.1, -0.05) is 62.7 Å². The molecule has 0 unspecified atom stereocenters. The van der Waals surface area contributed by atoms with Gasteiger partial charge in [-0.3, -0.25) is 0 Å². The molecule has 0 radical (unpaired) electrons. The van der Waals surface area contributed by atoms with Gasteiger partial charge in [0.05, 0.1) is 14.2 Å². The van der Waals surface area contributed by atoms with Gasteiger partial charge in [-0.2, -0.15) is 0 Å². The predicted molar refractivity (Wildman–Crippen MR) is 95.7 cm³/mol. The fraction of sp³-hybridized carbons (Fsp3) is 0.158. The van der Waals surface area contributed by atoms with Crippen molar-refractivity contribution in [2.75, 3.05) is 14.2 Å². The maximum absolute atomic E-state index is 10.2. The van der Waals surface area contributed by atoms with Gasteiger partial charge >= 0.3 is 11.9 Å². The Morgan fingerprint density at radius 3 is 1.52 bits per heavy atom. The Morgan fingerprint density at radius 2 is 1.39 bits per heavy atom. The molecule has 0 fully saturated rings. The number of hydrogen-bond donors (Lipinski definition) is 0. The van der Waals surface area contributed by atoms with E-state index in [4.69, 9.17) is 0 Å². The molecule has 1 aromatic rings. The Hall–Kier alpha value is -2.88. The molecule has 0 saturated carbocycles. The number of ether oxygens (including phenoxy) is 2. The summed E-state index contributed by atoms with van der Waals surface area (Å²) in [6.07, 6.45) is 4.77. The van der Waals surface area contributed by atoms with Crippen LogP contribution in [-0.4, -0.2) is 26.2 Å². The van der Waals surface area contributed by atoms with Crippen molar-refractivity contribution in [1.82, 2.24) is 0 Å². The lowest BCUT2D eigenvalue weighted by atomic mass is 10.1. The van der Waals surface area contributed by atoms with Gasteiger partial charge in [0.15, 0.2) is 0 Å². The van der Waals surface area contributed by atoms with E-state index in [9.17, 15) is 9.59 Å². The molecular weight excluding hydrogens is 292 g/mol. The number of methoxy groups -OCH3 is 2. The van der Waals surface area contributed by atoms with E-state index in [1.165, 1.54) is 14.2 Å². The molecule has 0 aliphatic rings. The highest BCUT2D eigenvalue weighted by atomic mass is 16.5. The Morgan fingerprint density at radius 1 is 0.957 bits per heavy atom. The van der Waals surface area contributed by atoms with Gasteiger partial charge in [0.25, 0.3) is 0 Å². The molecular formula is C19H24O4. The fourth-order valence-corrected chi connectivity index (χ4v) is 1.14. The molecule has 0 aliphatic carbocycles. The molecule has 0 N–H and O–H groups in total. The lowest BCUT2D eigenvalue weighted by Gasteiger charge is -1.96. The second kappa shape index (κ2) is 14.1. The first-order valence-electron chi connectivity index (χ1n) is 6.65. The first-order valence-corrected chi connectivity index (χ1v) is 6.65. The molecule has 0 bridgehead atoms. The van der Waals surface area contributed by atoms with Gasteiger partial charge in [0.1, 0.15) is 0 Å². The number of carbonyl (C=O) groups is 2. The van der Waals surface area contributed by atoms with Crippen LogP contribution in [-0.2, 0) is 19.1 Å². The van der Waals surface area contributed by atoms with Crippen molar-refractivity contribution >= 4 is 24.1 Å². The Bertz CT molecular complexity index is 529. The number of esters is 2. The highest BCUT2D eigenvalue weighted by Crippen LogP contribution is 2.10. The SMILES string of the molecule is C=C(C)C(=O)OC.C=CC(=O)OC.C=Cc1ccccc1C=C. The van der Waals surface area contributed by atoms with E-state index in [1.807, 2.05) is 36.4 Å². The summed E-state index contributed by atoms with van der Waals surface area (Å²) in [7, 11) is 2.64. The van der Waals surface area contributed by atoms with Crippen LogP contribution in [0.4, 0.5) is 0 Å². The summed E-state index contributed by atoms with van der Waals surface area (Å²) < 4.78 is 8.42. The van der Waals surface area contributed by atoms with Crippen LogP contribution in [0.2, 0.25) is 0 Å². The van der Waals surface area contributed by atoms with Crippen LogP contribution in [0.1, 0.15) is 18.1 Å². The molecule has 0 amide bonds. The van der Waals surface area contributed by atoms with Crippen molar-refractivity contribution in [2.24, 2.45) is 0 Å². The van der Waals surface area contributed by atoms with Gasteiger partial charge in [-0.25, -0.2) is 9.59 Å². The standard InChI is InChI=1S/C10H10.C5H8O2.C4H6O2/c1-3-9-7-5-6-8-10(9)4-2;1-4(2)5(6)7-3;1-3-4(5)6-2/h3-8H,1-2H2;1H2,2-3H3;3H,1H2,2H3. The Labute approximate surface area is 138 Å². The number of carbonyl (C=O) groups excluding carboxylic acids is 2. The smallest absolute Gasteiger partial charge is 0.332 e. The van der Waals surface area contributed by atoms with Crippen LogP contribution >= 0.6 is 0 Å². The van der Waals surface area contributed by atoms with Gasteiger partial charge in [0, 0.05) is 11.6 Å². The minimum absolute atomic E-state index is 0.347. The molecule has 0 aromatic heterocycles. The van der Waals surface area contributed by atoms with Gasteiger partial charge in [-0.05, 0) is 18.1 Å². The number of hydrogen-bond acceptors (Lipinski definition) is 4. The van der Waals surface area contributed by atoms with Crippen LogP contribution in [0.15, 0.2) is 62.2 Å². The van der Waals surface area contributed by atoms with Crippen LogP contribution in [0.5, 0.6) is 0 Å². The summed E-state index contributed by atoms with van der Waals surface area (Å²) in [5, 5.41) is 0. The average molecular weight is 316 g/mol. The van der Waals surface area contributed by atoms with E-state index in [2.05, 4.69) is 35.8 Å². The molecule has 0 atom stereocenters. The first kappa shape index (κ1) is 22.4. The second-order valence-electron chi connectivity index (χ2n) is 4.04. The van der Waals surface area contributed by atoms with Crippen LogP contribution in [0.25, 0.3) is 12.2 Å². The molecule has 23 heavy (non-hydrogen) atoms. The third-order valence-electron chi connectivity index (χ3n) is 2.34. The summed E-state index contributed by atoms with van der Waals surface area (Å²) in [4.78, 5) is 20.0. The van der Waals surface area contributed by atoms with Gasteiger partial charge < -0.3 is 9.47 Å². The van der Waals surface area contributed by atoms with E-state index in [1.54, 1.807) is 6.92 Å². The van der Waals surface area contributed by atoms with E-state index in [0.717, 1.165) is 17.2 Å². The normalized spacial score (nSPS) is 7.96. The maximum Gasteiger partial charge on any atom is 0.332 e. The molecule has 0 heterocycles. The van der Waals surface area contributed by atoms with E-state index >= 15 is 0 Å². The van der Waals surface area contributed by atoms with E-state index < -0.39 is 5.97 Å². The average Bonchev–Trinajstić information content (AvgIpc) is 2.60. The molecule has 4 nitrogen and oxygen atoms in total. The maximum atomic E-state index is 10.2. The second-order valence-corrected chi connectivity index (χ2v) is 4.04. The largest absolute Gasteiger partial charge is 0.466 e. The summed E-state index contributed by atoms with van der Waals surface area (Å²) >= 11 is 0. The quantitative estimate of drug-likeness (QED) is 0.621. The minimum atomic E-state index is -0.394. The lowest BCUT2D eigenvalue weighted by molar-refractivity contribution is -0.136. The molecule has 0 spiro atoms. The number of rotatable bonds is 4. The Balaban J connectivity index is 0. The monoisotopic (exact) mass is 316 g/mol. The zero-order valence-electron chi connectivity index (χ0n) is 14.0. The zero-order valence-corrected chi connectivity index (χ0v) is 14.0. The molecule has 124 valence electrons. The Kier molecular flexibility index (Phi) is 13.7. The van der Waals surface area contributed by atoms with Crippen LogP contribution in [0, 0.1) is 0 Å². The third-order valence-corrected chi connectivity index (χ3v) is 2.34. The van der Waals surface area contributed by atoms with Crippen molar-refractivity contribution in [2.45, 2.75) is 6.92 Å². The van der Waals surface area contributed by atoms with Crippen LogP contribution < -0.4 is 0 Å². The molecule has 0 saturated heterocycles. The van der Waals surface area contributed by atoms with Crippen molar-refractivity contribution in [3.8, 4) is 0 Å². The van der Waals surface area contributed by atoms with Crippen molar-refractivity contribution < 1.29 is 19.1 Å². The highest BCUT2D eigenvalue weighted by molar-refractivity contribution is 5.86. The van der Waals surface area contributed by atoms with Crippen LogP contribution in [0.3, 0.4) is 0 Å². The molecule has 0 aliphatic heterocycles. The molecule has 1 aromatic carbocycles. The van der Waals surface area contributed by atoms with Crippen molar-refractivity contribution in [3.63, 3.8) is 0 Å². The summed E-state index contributed by atoms with van der Waals surface area (Å²) in [6, 6.07) is 8.02. The first-order chi connectivity index (χ1) is 10.9. The van der Waals surface area contributed by atoms with E-state index in [0.29, 0.717) is 5.57 Å². The lowest BCUT2D eigenvalue weighted by Crippen LogP contribution is -1.98. The van der Waals surface area contributed by atoms with E-state index in [-0.39, 0.29) is 5.97 Å². The minimum Gasteiger partial charge on any atom is -0.466 e. The van der Waals surface area contributed by atoms with Crippen molar-refractivity contribution in [3.05, 3.63) is 73.4 Å². The summed E-state index contributed by atoms with van der Waals surface area (Å²) in [5.74, 6) is -0.741. The van der Waals surface area contributed by atoms with Gasteiger partial charge in [0.2, 0.25) is 0 Å². The highest BCUT2D eigenvalue weighted by Gasteiger charge is 1.95. The third kappa shape index (κ3) is 11.5.